The topological polar surface area (TPSA) is 76.1 Å². The van der Waals surface area contributed by atoms with Crippen LogP contribution in [0.15, 0.2) is 60.9 Å². The zero-order valence-electron chi connectivity index (χ0n) is 15.4. The summed E-state index contributed by atoms with van der Waals surface area (Å²) in [5, 5.41) is 6.04. The highest BCUT2D eigenvalue weighted by Gasteiger charge is 2.09. The van der Waals surface area contributed by atoms with Crippen molar-refractivity contribution in [2.45, 2.75) is 6.92 Å². The molecule has 0 unspecified atom stereocenters. The van der Waals surface area contributed by atoms with Crippen LogP contribution in [0.1, 0.15) is 15.9 Å². The van der Waals surface area contributed by atoms with E-state index in [1.165, 1.54) is 0 Å². The number of hydrogen-bond donors (Lipinski definition) is 2. The van der Waals surface area contributed by atoms with Crippen molar-refractivity contribution in [3.63, 3.8) is 0 Å². The first-order valence-corrected chi connectivity index (χ1v) is 8.69. The predicted octanol–water partition coefficient (Wildman–Crippen LogP) is 3.76. The summed E-state index contributed by atoms with van der Waals surface area (Å²) < 4.78 is 4.98. The molecule has 0 radical (unpaired) electrons. The largest absolute Gasteiger partial charge is 0.383 e. The van der Waals surface area contributed by atoms with Gasteiger partial charge >= 0.3 is 0 Å². The number of nitrogens with zero attached hydrogens (tertiary/aromatic N) is 2. The highest BCUT2D eigenvalue weighted by molar-refractivity contribution is 6.04. The maximum atomic E-state index is 12.5. The van der Waals surface area contributed by atoms with Crippen molar-refractivity contribution in [2.75, 3.05) is 30.9 Å². The number of aryl methyl sites for hydroxylation is 1. The van der Waals surface area contributed by atoms with E-state index in [1.807, 2.05) is 43.3 Å². The lowest BCUT2D eigenvalue weighted by Gasteiger charge is -2.10. The van der Waals surface area contributed by atoms with Gasteiger partial charge in [0.1, 0.15) is 5.82 Å². The Balaban J connectivity index is 1.71. The summed E-state index contributed by atoms with van der Waals surface area (Å²) in [5.74, 6) is 0.498. The molecule has 3 aromatic rings. The molecule has 3 rings (SSSR count). The molecule has 2 heterocycles. The Morgan fingerprint density at radius 3 is 2.70 bits per heavy atom. The van der Waals surface area contributed by atoms with E-state index in [1.54, 1.807) is 31.6 Å². The molecule has 0 aliphatic carbocycles. The number of ether oxygens (including phenoxy) is 1. The first kappa shape index (κ1) is 18.5. The molecular weight excluding hydrogens is 340 g/mol. The van der Waals surface area contributed by atoms with Crippen LogP contribution in [-0.2, 0) is 4.74 Å². The van der Waals surface area contributed by atoms with Crippen LogP contribution < -0.4 is 10.6 Å². The van der Waals surface area contributed by atoms with Crippen LogP contribution in [0, 0.1) is 6.92 Å². The van der Waals surface area contributed by atoms with E-state index in [4.69, 9.17) is 4.74 Å². The molecule has 6 nitrogen and oxygen atoms in total. The molecule has 0 saturated heterocycles. The summed E-state index contributed by atoms with van der Waals surface area (Å²) >= 11 is 0. The van der Waals surface area contributed by atoms with E-state index in [2.05, 4.69) is 20.6 Å². The average Bonchev–Trinajstić information content (AvgIpc) is 2.71. The minimum atomic E-state index is -0.207. The quantitative estimate of drug-likeness (QED) is 0.626. The number of carbonyl (C=O) groups is 1. The normalized spacial score (nSPS) is 10.4. The van der Waals surface area contributed by atoms with E-state index in [-0.39, 0.29) is 5.91 Å². The molecule has 1 aromatic carbocycles. The number of benzene rings is 1. The van der Waals surface area contributed by atoms with E-state index in [0.717, 1.165) is 16.8 Å². The monoisotopic (exact) mass is 362 g/mol. The van der Waals surface area contributed by atoms with Gasteiger partial charge in [0.25, 0.3) is 5.91 Å². The van der Waals surface area contributed by atoms with E-state index in [9.17, 15) is 4.79 Å². The molecule has 6 heteroatoms. The number of pyridine rings is 2. The molecule has 1 amide bonds. The third kappa shape index (κ3) is 4.89. The van der Waals surface area contributed by atoms with Crippen molar-refractivity contribution in [3.05, 3.63) is 72.1 Å². The second-order valence-corrected chi connectivity index (χ2v) is 6.05. The zero-order chi connectivity index (χ0) is 19.1. The molecule has 0 aliphatic heterocycles. The van der Waals surface area contributed by atoms with Crippen molar-refractivity contribution in [1.29, 1.82) is 0 Å². The lowest BCUT2D eigenvalue weighted by Crippen LogP contribution is -2.13. The number of carbonyl (C=O) groups excluding carboxylic acids is 1. The second-order valence-electron chi connectivity index (χ2n) is 6.05. The fourth-order valence-electron chi connectivity index (χ4n) is 2.61. The fourth-order valence-corrected chi connectivity index (χ4v) is 2.61. The van der Waals surface area contributed by atoms with Gasteiger partial charge < -0.3 is 15.4 Å². The number of nitrogens with one attached hydrogen (secondary N) is 2. The van der Waals surface area contributed by atoms with Crippen LogP contribution in [-0.4, -0.2) is 36.1 Å². The van der Waals surface area contributed by atoms with E-state index < -0.39 is 0 Å². The smallest absolute Gasteiger partial charge is 0.257 e. The molecule has 2 N–H and O–H groups in total. The minimum Gasteiger partial charge on any atom is -0.383 e. The lowest BCUT2D eigenvalue weighted by atomic mass is 10.0. The van der Waals surface area contributed by atoms with Crippen LogP contribution in [0.3, 0.4) is 0 Å². The number of methoxy groups -OCH3 is 1. The van der Waals surface area contributed by atoms with Gasteiger partial charge in [0, 0.05) is 37.3 Å². The summed E-state index contributed by atoms with van der Waals surface area (Å²) in [6.45, 7) is 3.28. The Morgan fingerprint density at radius 2 is 2.00 bits per heavy atom. The SMILES string of the molecule is COCCNc1ccc(C(=O)Nc2ccc(C)c(-c3ccccn3)c2)cn1. The van der Waals surface area contributed by atoms with Gasteiger partial charge in [0.15, 0.2) is 0 Å². The molecule has 138 valence electrons. The highest BCUT2D eigenvalue weighted by Crippen LogP contribution is 2.25. The molecule has 0 saturated carbocycles. The molecule has 0 bridgehead atoms. The average molecular weight is 362 g/mol. The Labute approximate surface area is 158 Å². The van der Waals surface area contributed by atoms with Gasteiger partial charge in [-0.3, -0.25) is 9.78 Å². The third-order valence-corrected chi connectivity index (χ3v) is 4.07. The van der Waals surface area contributed by atoms with Crippen LogP contribution in [0.4, 0.5) is 11.5 Å². The lowest BCUT2D eigenvalue weighted by molar-refractivity contribution is 0.102. The van der Waals surface area contributed by atoms with Crippen molar-refractivity contribution in [1.82, 2.24) is 9.97 Å². The van der Waals surface area contributed by atoms with Crippen LogP contribution in [0.5, 0.6) is 0 Å². The molecule has 0 fully saturated rings. The van der Waals surface area contributed by atoms with E-state index in [0.29, 0.717) is 30.2 Å². The molecule has 0 aliphatic rings. The summed E-state index contributed by atoms with van der Waals surface area (Å²) in [6.07, 6.45) is 3.31. The first-order valence-electron chi connectivity index (χ1n) is 8.69. The third-order valence-electron chi connectivity index (χ3n) is 4.07. The zero-order valence-corrected chi connectivity index (χ0v) is 15.4. The van der Waals surface area contributed by atoms with Crippen LogP contribution in [0.2, 0.25) is 0 Å². The van der Waals surface area contributed by atoms with Crippen LogP contribution in [0.25, 0.3) is 11.3 Å². The van der Waals surface area contributed by atoms with Crippen molar-refractivity contribution in [2.24, 2.45) is 0 Å². The number of anilines is 2. The number of hydrogen-bond acceptors (Lipinski definition) is 5. The van der Waals surface area contributed by atoms with Gasteiger partial charge in [-0.15, -0.1) is 0 Å². The Hall–Kier alpha value is -3.25. The highest BCUT2D eigenvalue weighted by atomic mass is 16.5. The molecule has 27 heavy (non-hydrogen) atoms. The van der Waals surface area contributed by atoms with E-state index >= 15 is 0 Å². The van der Waals surface area contributed by atoms with Crippen molar-refractivity contribution >= 4 is 17.4 Å². The standard InChI is InChI=1S/C21H22N4O2/c1-15-6-8-17(13-18(15)19-5-3-4-10-22-19)25-21(26)16-7-9-20(24-14-16)23-11-12-27-2/h3-10,13-14H,11-12H2,1-2H3,(H,23,24)(H,25,26). The second kappa shape index (κ2) is 8.91. The minimum absolute atomic E-state index is 0.207. The number of amides is 1. The first-order chi connectivity index (χ1) is 13.2. The Bertz CT molecular complexity index is 896. The van der Waals surface area contributed by atoms with Crippen molar-refractivity contribution in [3.8, 4) is 11.3 Å². The van der Waals surface area contributed by atoms with Crippen molar-refractivity contribution < 1.29 is 9.53 Å². The Morgan fingerprint density at radius 1 is 1.11 bits per heavy atom. The van der Waals surface area contributed by atoms with Gasteiger partial charge in [-0.05, 0) is 48.9 Å². The summed E-state index contributed by atoms with van der Waals surface area (Å²) in [4.78, 5) is 21.2. The summed E-state index contributed by atoms with van der Waals surface area (Å²) in [5.41, 5.74) is 4.17. The number of aromatic nitrogens is 2. The predicted molar refractivity (Wildman–Crippen MR) is 107 cm³/mol. The summed E-state index contributed by atoms with van der Waals surface area (Å²) in [7, 11) is 1.65. The van der Waals surface area contributed by atoms with Gasteiger partial charge in [-0.2, -0.15) is 0 Å². The number of rotatable bonds is 7. The molecular formula is C21H22N4O2. The summed E-state index contributed by atoms with van der Waals surface area (Å²) in [6, 6.07) is 15.1. The fraction of sp³-hybridized carbons (Fsp3) is 0.190. The van der Waals surface area contributed by atoms with Gasteiger partial charge in [-0.1, -0.05) is 12.1 Å². The molecule has 2 aromatic heterocycles. The molecule has 0 spiro atoms. The van der Waals surface area contributed by atoms with Gasteiger partial charge in [0.2, 0.25) is 0 Å². The maximum absolute atomic E-state index is 12.5. The van der Waals surface area contributed by atoms with Crippen LogP contribution >= 0.6 is 0 Å². The van der Waals surface area contributed by atoms with Gasteiger partial charge in [-0.25, -0.2) is 4.98 Å². The van der Waals surface area contributed by atoms with Gasteiger partial charge in [0.05, 0.1) is 17.9 Å². The molecule has 0 atom stereocenters. The maximum Gasteiger partial charge on any atom is 0.257 e. The Kier molecular flexibility index (Phi) is 6.12.